The molecule has 0 atom stereocenters. The van der Waals surface area contributed by atoms with Gasteiger partial charge in [0.15, 0.2) is 0 Å². The molecule has 0 fully saturated rings. The number of hydrogen-bond donors (Lipinski definition) is 3. The van der Waals surface area contributed by atoms with Crippen LogP contribution in [0.3, 0.4) is 0 Å². The van der Waals surface area contributed by atoms with Gasteiger partial charge in [0.05, 0.1) is 18.3 Å². The minimum atomic E-state index is -0.416. The standard InChI is InChI=1S/C27H24ClN3O3/c1-34-22-6-4-5-18(13-22)15-29-16-20-9-10-21(24-8-3-2-7-23(20)24)17-30-31-27(33)19-11-12-26(32)25(28)14-19/h2-14,17,29,32H,15-16H2,1H3,(H,31,33)/b30-17+. The normalized spacial score (nSPS) is 11.1. The van der Waals surface area contributed by atoms with Crippen molar-refractivity contribution in [1.82, 2.24) is 10.7 Å². The molecule has 7 heteroatoms. The highest BCUT2D eigenvalue weighted by Crippen LogP contribution is 2.24. The average Bonchev–Trinajstić information content (AvgIpc) is 2.86. The first kappa shape index (κ1) is 23.3. The van der Waals surface area contributed by atoms with Gasteiger partial charge in [0.25, 0.3) is 5.91 Å². The van der Waals surface area contributed by atoms with Crippen LogP contribution in [0.25, 0.3) is 10.8 Å². The number of benzene rings is 4. The molecule has 34 heavy (non-hydrogen) atoms. The molecule has 0 radical (unpaired) electrons. The number of phenols is 1. The zero-order valence-corrected chi connectivity index (χ0v) is 19.3. The fraction of sp³-hybridized carbons (Fsp3) is 0.111. The number of ether oxygens (including phenoxy) is 1. The van der Waals surface area contributed by atoms with Crippen molar-refractivity contribution in [3.8, 4) is 11.5 Å². The van der Waals surface area contributed by atoms with Crippen LogP contribution in [0.5, 0.6) is 11.5 Å². The number of nitrogens with one attached hydrogen (secondary N) is 2. The Balaban J connectivity index is 1.45. The Morgan fingerprint density at radius 2 is 1.82 bits per heavy atom. The predicted octanol–water partition coefficient (Wildman–Crippen LogP) is 5.26. The zero-order chi connectivity index (χ0) is 23.9. The van der Waals surface area contributed by atoms with Crippen LogP contribution in [-0.2, 0) is 13.1 Å². The van der Waals surface area contributed by atoms with E-state index < -0.39 is 5.91 Å². The van der Waals surface area contributed by atoms with Gasteiger partial charge in [0.1, 0.15) is 11.5 Å². The molecule has 4 aromatic rings. The van der Waals surface area contributed by atoms with Crippen LogP contribution in [0.1, 0.15) is 27.0 Å². The molecule has 0 aliphatic rings. The third-order valence-electron chi connectivity index (χ3n) is 5.41. The Bertz CT molecular complexity index is 1350. The number of amides is 1. The second-order valence-corrected chi connectivity index (χ2v) is 8.09. The van der Waals surface area contributed by atoms with E-state index in [9.17, 15) is 9.90 Å². The Morgan fingerprint density at radius 3 is 2.62 bits per heavy atom. The van der Waals surface area contributed by atoms with Crippen molar-refractivity contribution in [2.45, 2.75) is 13.1 Å². The van der Waals surface area contributed by atoms with E-state index >= 15 is 0 Å². The van der Waals surface area contributed by atoms with Crippen LogP contribution in [-0.4, -0.2) is 24.3 Å². The van der Waals surface area contributed by atoms with E-state index in [1.807, 2.05) is 42.5 Å². The van der Waals surface area contributed by atoms with Gasteiger partial charge in [-0.25, -0.2) is 5.43 Å². The van der Waals surface area contributed by atoms with Crippen molar-refractivity contribution in [1.29, 1.82) is 0 Å². The Kier molecular flexibility index (Phi) is 7.42. The number of phenolic OH excluding ortho intramolecular Hbond substituents is 1. The maximum atomic E-state index is 12.3. The van der Waals surface area contributed by atoms with Gasteiger partial charge >= 0.3 is 0 Å². The highest BCUT2D eigenvalue weighted by molar-refractivity contribution is 6.32. The molecule has 0 aromatic heterocycles. The van der Waals surface area contributed by atoms with Crippen LogP contribution in [0.15, 0.2) is 84.0 Å². The van der Waals surface area contributed by atoms with E-state index in [1.54, 1.807) is 13.3 Å². The van der Waals surface area contributed by atoms with E-state index in [0.29, 0.717) is 12.1 Å². The second-order valence-electron chi connectivity index (χ2n) is 7.68. The highest BCUT2D eigenvalue weighted by atomic mass is 35.5. The number of nitrogens with zero attached hydrogens (tertiary/aromatic N) is 1. The summed E-state index contributed by atoms with van der Waals surface area (Å²) in [5, 5.41) is 19.4. The number of methoxy groups -OCH3 is 1. The summed E-state index contributed by atoms with van der Waals surface area (Å²) in [7, 11) is 1.66. The third-order valence-corrected chi connectivity index (χ3v) is 5.71. The summed E-state index contributed by atoms with van der Waals surface area (Å²) in [6.07, 6.45) is 1.62. The minimum absolute atomic E-state index is 0.0775. The van der Waals surface area contributed by atoms with E-state index in [-0.39, 0.29) is 10.8 Å². The molecule has 6 nitrogen and oxygen atoms in total. The average molecular weight is 474 g/mol. The largest absolute Gasteiger partial charge is 0.506 e. The number of fused-ring (bicyclic) bond motifs is 1. The molecule has 4 aromatic carbocycles. The zero-order valence-electron chi connectivity index (χ0n) is 18.6. The number of hydrogen-bond acceptors (Lipinski definition) is 5. The fourth-order valence-corrected chi connectivity index (χ4v) is 3.83. The molecule has 0 aliphatic heterocycles. The quantitative estimate of drug-likeness (QED) is 0.241. The third kappa shape index (κ3) is 5.54. The molecule has 172 valence electrons. The summed E-state index contributed by atoms with van der Waals surface area (Å²) in [5.41, 5.74) is 6.01. The second kappa shape index (κ2) is 10.8. The summed E-state index contributed by atoms with van der Waals surface area (Å²) < 4.78 is 5.29. The number of aromatic hydroxyl groups is 1. The molecular weight excluding hydrogens is 450 g/mol. The number of halogens is 1. The van der Waals surface area contributed by atoms with Crippen molar-refractivity contribution in [2.75, 3.05) is 7.11 Å². The van der Waals surface area contributed by atoms with Gasteiger partial charge in [-0.05, 0) is 52.2 Å². The van der Waals surface area contributed by atoms with Crippen molar-refractivity contribution >= 4 is 34.5 Å². The number of carbonyl (C=O) groups is 1. The first-order valence-corrected chi connectivity index (χ1v) is 11.1. The lowest BCUT2D eigenvalue weighted by Gasteiger charge is -2.11. The summed E-state index contributed by atoms with van der Waals surface area (Å²) in [6.45, 7) is 1.43. The van der Waals surface area contributed by atoms with Gasteiger partial charge in [0.2, 0.25) is 0 Å². The van der Waals surface area contributed by atoms with Crippen LogP contribution >= 0.6 is 11.6 Å². The topological polar surface area (TPSA) is 83.0 Å². The molecule has 1 amide bonds. The molecule has 0 unspecified atom stereocenters. The Hall–Kier alpha value is -3.87. The maximum Gasteiger partial charge on any atom is 0.271 e. The summed E-state index contributed by atoms with van der Waals surface area (Å²) in [4.78, 5) is 12.3. The lowest BCUT2D eigenvalue weighted by molar-refractivity contribution is 0.0955. The highest BCUT2D eigenvalue weighted by Gasteiger charge is 2.08. The van der Waals surface area contributed by atoms with Crippen molar-refractivity contribution in [3.05, 3.63) is 106 Å². The number of carbonyl (C=O) groups excluding carboxylic acids is 1. The first-order chi connectivity index (χ1) is 16.5. The minimum Gasteiger partial charge on any atom is -0.506 e. The van der Waals surface area contributed by atoms with Gasteiger partial charge in [-0.15, -0.1) is 0 Å². The lowest BCUT2D eigenvalue weighted by Crippen LogP contribution is -2.17. The van der Waals surface area contributed by atoms with Crippen molar-refractivity contribution in [3.63, 3.8) is 0 Å². The van der Waals surface area contributed by atoms with Gasteiger partial charge in [0, 0.05) is 24.2 Å². The molecule has 4 rings (SSSR count). The van der Waals surface area contributed by atoms with E-state index in [1.165, 1.54) is 23.8 Å². The monoisotopic (exact) mass is 473 g/mol. The van der Waals surface area contributed by atoms with E-state index in [0.717, 1.165) is 34.2 Å². The number of hydrazone groups is 1. The SMILES string of the molecule is COc1cccc(CNCc2ccc(/C=N/NC(=O)c3ccc(O)c(Cl)c3)c3ccccc23)c1. The van der Waals surface area contributed by atoms with E-state index in [2.05, 4.69) is 34.0 Å². The number of rotatable bonds is 8. The van der Waals surface area contributed by atoms with Crippen LogP contribution in [0.4, 0.5) is 0 Å². The lowest BCUT2D eigenvalue weighted by atomic mass is 10.00. The molecule has 0 aliphatic carbocycles. The van der Waals surface area contributed by atoms with Crippen LogP contribution < -0.4 is 15.5 Å². The van der Waals surface area contributed by atoms with Crippen LogP contribution in [0.2, 0.25) is 5.02 Å². The molecule has 0 spiro atoms. The van der Waals surface area contributed by atoms with Crippen molar-refractivity contribution in [2.24, 2.45) is 5.10 Å². The Labute approximate surface area is 202 Å². The van der Waals surface area contributed by atoms with Crippen LogP contribution in [0, 0.1) is 0 Å². The maximum absolute atomic E-state index is 12.3. The first-order valence-electron chi connectivity index (χ1n) is 10.7. The predicted molar refractivity (Wildman–Crippen MR) is 136 cm³/mol. The molecule has 0 saturated heterocycles. The molecule has 0 saturated carbocycles. The fourth-order valence-electron chi connectivity index (χ4n) is 3.65. The molecule has 0 bridgehead atoms. The summed E-state index contributed by atoms with van der Waals surface area (Å²) in [5.74, 6) is 0.348. The summed E-state index contributed by atoms with van der Waals surface area (Å²) >= 11 is 5.87. The van der Waals surface area contributed by atoms with Gasteiger partial charge in [-0.2, -0.15) is 5.10 Å². The molecule has 3 N–H and O–H groups in total. The van der Waals surface area contributed by atoms with E-state index in [4.69, 9.17) is 16.3 Å². The van der Waals surface area contributed by atoms with Gasteiger partial charge in [-0.3, -0.25) is 4.79 Å². The Morgan fingerprint density at radius 1 is 1.00 bits per heavy atom. The van der Waals surface area contributed by atoms with Gasteiger partial charge in [-0.1, -0.05) is 60.1 Å². The summed E-state index contributed by atoms with van der Waals surface area (Å²) in [6, 6.07) is 24.4. The van der Waals surface area contributed by atoms with Gasteiger partial charge < -0.3 is 15.2 Å². The molecule has 0 heterocycles. The smallest absolute Gasteiger partial charge is 0.271 e. The molecular formula is C27H24ClN3O3. The van der Waals surface area contributed by atoms with Crippen molar-refractivity contribution < 1.29 is 14.6 Å².